The summed E-state index contributed by atoms with van der Waals surface area (Å²) >= 11 is 5.10. The molecule has 0 amide bonds. The van der Waals surface area contributed by atoms with Gasteiger partial charge in [0.05, 0.1) is 12.6 Å². The molecule has 1 aliphatic rings. The summed E-state index contributed by atoms with van der Waals surface area (Å²) < 4.78 is 8.54. The Kier molecular flexibility index (Phi) is 6.72. The van der Waals surface area contributed by atoms with E-state index in [1.165, 1.54) is 10.8 Å². The number of ether oxygens (including phenoxy) is 1. The van der Waals surface area contributed by atoms with Crippen molar-refractivity contribution in [3.05, 3.63) is 48.0 Å². The van der Waals surface area contributed by atoms with Crippen LogP contribution in [0.3, 0.4) is 0 Å². The van der Waals surface area contributed by atoms with Crippen molar-refractivity contribution in [3.8, 4) is 0 Å². The van der Waals surface area contributed by atoms with E-state index in [1.807, 2.05) is 6.92 Å². The molecule has 3 nitrogen and oxygen atoms in total. The number of nitrogens with one attached hydrogen (secondary N) is 1. The normalized spacial score (nSPS) is 17.8. The molecular weight excluding hydrogens is 394 g/mol. The second-order valence-corrected chi connectivity index (χ2v) is 12.1. The van der Waals surface area contributed by atoms with E-state index in [0.717, 1.165) is 17.1 Å². The molecule has 0 radical (unpaired) electrons. The third-order valence-electron chi connectivity index (χ3n) is 4.25. The lowest BCUT2D eigenvalue weighted by Crippen LogP contribution is -2.44. The van der Waals surface area contributed by atoms with E-state index in [2.05, 4.69) is 68.0 Å². The number of carbonyl (C=O) groups excluding carboxylic acids is 1. The molecule has 1 atom stereocenters. The summed E-state index contributed by atoms with van der Waals surface area (Å²) in [7, 11) is 0. The van der Waals surface area contributed by atoms with E-state index in [1.54, 1.807) is 35.5 Å². The van der Waals surface area contributed by atoms with Crippen LogP contribution in [0.4, 0.5) is 0 Å². The highest BCUT2D eigenvalue weighted by molar-refractivity contribution is 8.22. The zero-order chi connectivity index (χ0) is 19.5. The van der Waals surface area contributed by atoms with Crippen LogP contribution < -0.4 is 4.72 Å². The minimum atomic E-state index is -0.656. The zero-order valence-electron chi connectivity index (χ0n) is 16.3. The minimum Gasteiger partial charge on any atom is -0.464 e. The van der Waals surface area contributed by atoms with Gasteiger partial charge in [-0.3, -0.25) is 4.72 Å². The topological polar surface area (TPSA) is 38.3 Å². The van der Waals surface area contributed by atoms with Gasteiger partial charge in [0.1, 0.15) is 0 Å². The fourth-order valence-corrected chi connectivity index (χ4v) is 7.17. The van der Waals surface area contributed by atoms with Gasteiger partial charge in [-0.05, 0) is 50.1 Å². The summed E-state index contributed by atoms with van der Waals surface area (Å²) in [6.45, 7) is 8.80. The maximum absolute atomic E-state index is 13.1. The van der Waals surface area contributed by atoms with Crippen LogP contribution in [0.25, 0.3) is 10.8 Å². The van der Waals surface area contributed by atoms with Gasteiger partial charge in [-0.2, -0.15) is 0 Å². The third-order valence-corrected chi connectivity index (χ3v) is 8.66. The fraction of sp³-hybridized carbons (Fsp3) is 0.476. The van der Waals surface area contributed by atoms with Gasteiger partial charge in [-0.25, -0.2) is 4.79 Å². The summed E-state index contributed by atoms with van der Waals surface area (Å²) in [6, 6.07) is 14.7. The molecule has 2 aromatic carbocycles. The predicted molar refractivity (Wildman–Crippen MR) is 121 cm³/mol. The molecule has 0 aliphatic carbocycles. The summed E-state index contributed by atoms with van der Waals surface area (Å²) in [5.41, 5.74) is 1.13. The van der Waals surface area contributed by atoms with E-state index in [4.69, 9.17) is 4.74 Å². The number of carbonyl (C=O) groups is 1. The van der Waals surface area contributed by atoms with Crippen LogP contribution in [0.2, 0.25) is 0 Å². The van der Waals surface area contributed by atoms with Gasteiger partial charge in [0.15, 0.2) is 4.08 Å². The Morgan fingerprint density at radius 2 is 1.85 bits per heavy atom. The molecule has 6 heteroatoms. The van der Waals surface area contributed by atoms with Gasteiger partial charge in [0.2, 0.25) is 0 Å². The van der Waals surface area contributed by atoms with Crippen LogP contribution in [0.15, 0.2) is 42.5 Å². The van der Waals surface area contributed by atoms with Crippen molar-refractivity contribution >= 4 is 52.2 Å². The largest absolute Gasteiger partial charge is 0.464 e. The second-order valence-electron chi connectivity index (χ2n) is 7.46. The highest BCUT2D eigenvalue weighted by Crippen LogP contribution is 2.53. The van der Waals surface area contributed by atoms with Gasteiger partial charge < -0.3 is 4.74 Å². The Morgan fingerprint density at radius 1 is 1.19 bits per heavy atom. The van der Waals surface area contributed by atoms with E-state index >= 15 is 0 Å². The molecule has 146 valence electrons. The molecule has 1 aliphatic heterocycles. The monoisotopic (exact) mass is 421 g/mol. The minimum absolute atomic E-state index is 0.0406. The Balaban J connectivity index is 2.04. The number of esters is 1. The molecular formula is C21H27NO2S3. The van der Waals surface area contributed by atoms with Gasteiger partial charge in [0.25, 0.3) is 0 Å². The van der Waals surface area contributed by atoms with Crippen molar-refractivity contribution in [1.29, 1.82) is 0 Å². The molecule has 2 aromatic rings. The Hall–Kier alpha value is -0.820. The van der Waals surface area contributed by atoms with Crippen molar-refractivity contribution in [2.45, 2.75) is 42.6 Å². The van der Waals surface area contributed by atoms with E-state index in [0.29, 0.717) is 6.61 Å². The van der Waals surface area contributed by atoms with Crippen molar-refractivity contribution < 1.29 is 9.53 Å². The number of rotatable bonds is 6. The Morgan fingerprint density at radius 3 is 2.48 bits per heavy atom. The number of benzene rings is 2. The van der Waals surface area contributed by atoms with E-state index in [9.17, 15) is 4.79 Å². The summed E-state index contributed by atoms with van der Waals surface area (Å²) in [5.74, 6) is 1.78. The average Bonchev–Trinajstić information content (AvgIpc) is 3.12. The standard InChI is InChI=1S/C21H27NO2S3/c1-5-24-19(23)21(25-12-13-26-21)18(22-27-20(2,3)4)17-11-10-15-8-6-7-9-16(15)14-17/h6-11,14,18,22H,5,12-13H2,1-4H3. The summed E-state index contributed by atoms with van der Waals surface area (Å²) in [5, 5.41) is 2.40. The van der Waals surface area contributed by atoms with Crippen LogP contribution in [0.5, 0.6) is 0 Å². The lowest BCUT2D eigenvalue weighted by molar-refractivity contribution is -0.143. The van der Waals surface area contributed by atoms with Crippen molar-refractivity contribution in [3.63, 3.8) is 0 Å². The highest BCUT2D eigenvalue weighted by Gasteiger charge is 2.52. The number of fused-ring (bicyclic) bond motifs is 1. The summed E-state index contributed by atoms with van der Waals surface area (Å²) in [4.78, 5) is 13.1. The van der Waals surface area contributed by atoms with Gasteiger partial charge >= 0.3 is 5.97 Å². The molecule has 1 N–H and O–H groups in total. The lowest BCUT2D eigenvalue weighted by atomic mass is 9.99. The predicted octanol–water partition coefficient (Wildman–Crippen LogP) is 5.66. The van der Waals surface area contributed by atoms with Crippen molar-refractivity contribution in [2.24, 2.45) is 0 Å². The third kappa shape index (κ3) is 4.78. The first kappa shape index (κ1) is 20.9. The van der Waals surface area contributed by atoms with Crippen molar-refractivity contribution in [1.82, 2.24) is 4.72 Å². The van der Waals surface area contributed by atoms with Crippen molar-refractivity contribution in [2.75, 3.05) is 18.1 Å². The molecule has 3 rings (SSSR count). The lowest BCUT2D eigenvalue weighted by Gasteiger charge is -2.36. The van der Waals surface area contributed by atoms with Crippen LogP contribution >= 0.6 is 35.5 Å². The van der Waals surface area contributed by atoms with Gasteiger partial charge in [0, 0.05) is 16.3 Å². The van der Waals surface area contributed by atoms with E-state index in [-0.39, 0.29) is 16.8 Å². The Bertz CT molecular complexity index is 797. The van der Waals surface area contributed by atoms with Crippen LogP contribution in [0.1, 0.15) is 39.3 Å². The van der Waals surface area contributed by atoms with E-state index < -0.39 is 4.08 Å². The molecule has 1 unspecified atom stereocenters. The Labute approximate surface area is 174 Å². The fourth-order valence-electron chi connectivity index (χ4n) is 3.05. The molecule has 1 saturated heterocycles. The zero-order valence-corrected chi connectivity index (χ0v) is 18.7. The SMILES string of the molecule is CCOC(=O)C1(C(NSC(C)(C)C)c2ccc3ccccc3c2)SCCS1. The average molecular weight is 422 g/mol. The smallest absolute Gasteiger partial charge is 0.334 e. The molecule has 0 saturated carbocycles. The number of thioether (sulfide) groups is 2. The molecule has 0 aromatic heterocycles. The maximum Gasteiger partial charge on any atom is 0.334 e. The van der Waals surface area contributed by atoms with Gasteiger partial charge in [-0.15, -0.1) is 23.5 Å². The van der Waals surface area contributed by atoms with Crippen LogP contribution in [-0.2, 0) is 9.53 Å². The molecule has 1 heterocycles. The quantitative estimate of drug-likeness (QED) is 0.479. The first-order valence-electron chi connectivity index (χ1n) is 9.23. The van der Waals surface area contributed by atoms with Gasteiger partial charge in [-0.1, -0.05) is 48.3 Å². The maximum atomic E-state index is 13.1. The first-order chi connectivity index (χ1) is 12.9. The molecule has 0 bridgehead atoms. The molecule has 0 spiro atoms. The second kappa shape index (κ2) is 8.68. The first-order valence-corrected chi connectivity index (χ1v) is 12.0. The number of hydrogen-bond acceptors (Lipinski definition) is 6. The molecule has 27 heavy (non-hydrogen) atoms. The highest BCUT2D eigenvalue weighted by atomic mass is 32.2. The number of hydrogen-bond donors (Lipinski definition) is 1. The molecule has 1 fully saturated rings. The van der Waals surface area contributed by atoms with Crippen LogP contribution in [0, 0.1) is 0 Å². The van der Waals surface area contributed by atoms with Crippen LogP contribution in [-0.4, -0.2) is 32.9 Å². The summed E-state index contributed by atoms with van der Waals surface area (Å²) in [6.07, 6.45) is 0.